The summed E-state index contributed by atoms with van der Waals surface area (Å²) in [5.41, 5.74) is 0. The molecule has 0 bridgehead atoms. The number of sulfonamides is 1. The van der Waals surface area contributed by atoms with E-state index in [1.54, 1.807) is 25.3 Å². The highest BCUT2D eigenvalue weighted by Gasteiger charge is 2.25. The smallest absolute Gasteiger partial charge is 0.244 e. The van der Waals surface area contributed by atoms with Gasteiger partial charge in [0.1, 0.15) is 10.7 Å². The van der Waals surface area contributed by atoms with Crippen molar-refractivity contribution in [3.63, 3.8) is 0 Å². The largest absolute Gasteiger partial charge is 0.395 e. The van der Waals surface area contributed by atoms with E-state index in [0.29, 0.717) is 32.0 Å². The molecule has 2 heterocycles. The molecule has 8 heteroatoms. The lowest BCUT2D eigenvalue weighted by atomic mass is 10.3. The summed E-state index contributed by atoms with van der Waals surface area (Å²) in [4.78, 5) is 8.62. The Labute approximate surface area is 125 Å². The number of piperazine rings is 1. The number of β-amino-alcohol motifs (C(OH)–C–C–N with tert-alkyl or cyclic N) is 1. The van der Waals surface area contributed by atoms with Crippen molar-refractivity contribution in [1.29, 1.82) is 0 Å². The van der Waals surface area contributed by atoms with Crippen LogP contribution >= 0.6 is 0 Å². The molecule has 1 saturated heterocycles. The molecule has 0 radical (unpaired) electrons. The monoisotopic (exact) mass is 314 g/mol. The minimum atomic E-state index is -3.52. The van der Waals surface area contributed by atoms with E-state index < -0.39 is 10.0 Å². The van der Waals surface area contributed by atoms with Gasteiger partial charge in [-0.2, -0.15) is 0 Å². The number of rotatable bonds is 6. The predicted octanol–water partition coefficient (Wildman–Crippen LogP) is -0.506. The number of anilines is 1. The SMILES string of the molecule is CCNS(=O)(=O)c1cccnc1N1CCN(CCO)CC1. The maximum atomic E-state index is 12.2. The Kier molecular flexibility index (Phi) is 5.51. The molecule has 1 aromatic rings. The van der Waals surface area contributed by atoms with E-state index in [4.69, 9.17) is 5.11 Å². The topological polar surface area (TPSA) is 85.8 Å². The van der Waals surface area contributed by atoms with Crippen LogP contribution in [-0.2, 0) is 10.0 Å². The van der Waals surface area contributed by atoms with Crippen molar-refractivity contribution in [1.82, 2.24) is 14.6 Å². The molecule has 0 atom stereocenters. The molecule has 0 spiro atoms. The molecular formula is C13H22N4O3S. The van der Waals surface area contributed by atoms with E-state index in [-0.39, 0.29) is 11.5 Å². The average molecular weight is 314 g/mol. The lowest BCUT2D eigenvalue weighted by Gasteiger charge is -2.35. The zero-order chi connectivity index (χ0) is 15.3. The molecule has 2 rings (SSSR count). The summed E-state index contributed by atoms with van der Waals surface area (Å²) in [6.07, 6.45) is 1.61. The second kappa shape index (κ2) is 7.17. The van der Waals surface area contributed by atoms with E-state index in [1.807, 2.05) is 4.90 Å². The zero-order valence-electron chi connectivity index (χ0n) is 12.2. The Morgan fingerprint density at radius 1 is 1.33 bits per heavy atom. The average Bonchev–Trinajstić information content (AvgIpc) is 2.48. The van der Waals surface area contributed by atoms with Gasteiger partial charge < -0.3 is 10.0 Å². The van der Waals surface area contributed by atoms with E-state index >= 15 is 0 Å². The van der Waals surface area contributed by atoms with Crippen LogP contribution in [0.25, 0.3) is 0 Å². The summed E-state index contributed by atoms with van der Waals surface area (Å²) in [5, 5.41) is 8.96. The first-order valence-electron chi connectivity index (χ1n) is 7.11. The van der Waals surface area contributed by atoms with Crippen molar-refractivity contribution in [2.24, 2.45) is 0 Å². The Morgan fingerprint density at radius 3 is 2.67 bits per heavy atom. The predicted molar refractivity (Wildman–Crippen MR) is 80.8 cm³/mol. The minimum Gasteiger partial charge on any atom is -0.395 e. The standard InChI is InChI=1S/C13H22N4O3S/c1-2-15-21(19,20)12-4-3-5-14-13(12)17-8-6-16(7-9-17)10-11-18/h3-5,15,18H,2,6-11H2,1H3. The highest BCUT2D eigenvalue weighted by molar-refractivity contribution is 7.89. The van der Waals surface area contributed by atoms with Gasteiger partial charge in [-0.25, -0.2) is 18.1 Å². The van der Waals surface area contributed by atoms with Crippen LogP contribution in [-0.4, -0.2) is 69.3 Å². The van der Waals surface area contributed by atoms with E-state index in [9.17, 15) is 8.42 Å². The van der Waals surface area contributed by atoms with Gasteiger partial charge in [-0.05, 0) is 12.1 Å². The van der Waals surface area contributed by atoms with Gasteiger partial charge in [-0.15, -0.1) is 0 Å². The Bertz CT molecular complexity index is 556. The van der Waals surface area contributed by atoms with Crippen LogP contribution in [0.2, 0.25) is 0 Å². The Hall–Kier alpha value is -1.22. The van der Waals surface area contributed by atoms with Crippen molar-refractivity contribution in [2.45, 2.75) is 11.8 Å². The third-order valence-electron chi connectivity index (χ3n) is 3.46. The number of nitrogens with zero attached hydrogens (tertiary/aromatic N) is 3. The third-order valence-corrected chi connectivity index (χ3v) is 5.03. The van der Waals surface area contributed by atoms with Crippen LogP contribution < -0.4 is 9.62 Å². The normalized spacial score (nSPS) is 17.1. The van der Waals surface area contributed by atoms with Gasteiger partial charge in [0.05, 0.1) is 6.61 Å². The fourth-order valence-corrected chi connectivity index (χ4v) is 3.64. The highest BCUT2D eigenvalue weighted by atomic mass is 32.2. The minimum absolute atomic E-state index is 0.142. The summed E-state index contributed by atoms with van der Waals surface area (Å²) in [6, 6.07) is 3.22. The maximum Gasteiger partial charge on any atom is 0.244 e. The summed E-state index contributed by atoms with van der Waals surface area (Å²) in [7, 11) is -3.52. The second-order valence-corrected chi connectivity index (χ2v) is 6.61. The zero-order valence-corrected chi connectivity index (χ0v) is 13.0. The number of hydrogen-bond acceptors (Lipinski definition) is 6. The lowest BCUT2D eigenvalue weighted by Crippen LogP contribution is -2.48. The van der Waals surface area contributed by atoms with Crippen molar-refractivity contribution in [3.05, 3.63) is 18.3 Å². The van der Waals surface area contributed by atoms with Gasteiger partial charge >= 0.3 is 0 Å². The van der Waals surface area contributed by atoms with Crippen molar-refractivity contribution in [3.8, 4) is 0 Å². The van der Waals surface area contributed by atoms with Gasteiger partial charge in [-0.3, -0.25) is 4.90 Å². The van der Waals surface area contributed by atoms with Gasteiger partial charge in [0.2, 0.25) is 10.0 Å². The molecule has 2 N–H and O–H groups in total. The van der Waals surface area contributed by atoms with Crippen molar-refractivity contribution < 1.29 is 13.5 Å². The molecule has 0 amide bonds. The van der Waals surface area contributed by atoms with Crippen molar-refractivity contribution in [2.75, 3.05) is 50.8 Å². The van der Waals surface area contributed by atoms with Crippen LogP contribution in [0.3, 0.4) is 0 Å². The molecule has 1 aromatic heterocycles. The number of hydrogen-bond donors (Lipinski definition) is 2. The fourth-order valence-electron chi connectivity index (χ4n) is 2.42. The molecule has 1 fully saturated rings. The summed E-state index contributed by atoms with van der Waals surface area (Å²) in [5.74, 6) is 0.502. The summed E-state index contributed by atoms with van der Waals surface area (Å²) in [6.45, 7) is 5.87. The molecule has 0 aromatic carbocycles. The fraction of sp³-hybridized carbons (Fsp3) is 0.615. The van der Waals surface area contributed by atoms with E-state index in [0.717, 1.165) is 13.1 Å². The summed E-state index contributed by atoms with van der Waals surface area (Å²) < 4.78 is 27.0. The number of aromatic nitrogens is 1. The maximum absolute atomic E-state index is 12.2. The molecular weight excluding hydrogens is 292 g/mol. The highest BCUT2D eigenvalue weighted by Crippen LogP contribution is 2.23. The van der Waals surface area contributed by atoms with Gasteiger partial charge in [-0.1, -0.05) is 6.92 Å². The van der Waals surface area contributed by atoms with E-state index in [2.05, 4.69) is 14.6 Å². The molecule has 21 heavy (non-hydrogen) atoms. The first-order chi connectivity index (χ1) is 10.1. The number of aliphatic hydroxyl groups excluding tert-OH is 1. The Balaban J connectivity index is 2.18. The molecule has 118 valence electrons. The second-order valence-electron chi connectivity index (χ2n) is 4.88. The first-order valence-corrected chi connectivity index (χ1v) is 8.59. The Morgan fingerprint density at radius 2 is 2.05 bits per heavy atom. The molecule has 1 aliphatic rings. The molecule has 0 saturated carbocycles. The van der Waals surface area contributed by atoms with Crippen LogP contribution in [0.1, 0.15) is 6.92 Å². The number of aliphatic hydroxyl groups is 1. The quantitative estimate of drug-likeness (QED) is 0.736. The van der Waals surface area contributed by atoms with Crippen LogP contribution in [0.15, 0.2) is 23.2 Å². The van der Waals surface area contributed by atoms with Crippen molar-refractivity contribution >= 4 is 15.8 Å². The molecule has 0 unspecified atom stereocenters. The summed E-state index contributed by atoms with van der Waals surface area (Å²) >= 11 is 0. The number of pyridine rings is 1. The van der Waals surface area contributed by atoms with Crippen LogP contribution in [0.5, 0.6) is 0 Å². The molecule has 1 aliphatic heterocycles. The van der Waals surface area contributed by atoms with E-state index in [1.165, 1.54) is 0 Å². The lowest BCUT2D eigenvalue weighted by molar-refractivity contribution is 0.188. The first kappa shape index (κ1) is 16.2. The van der Waals surface area contributed by atoms with Gasteiger partial charge in [0, 0.05) is 45.5 Å². The van der Waals surface area contributed by atoms with Gasteiger partial charge in [0.25, 0.3) is 0 Å². The molecule has 0 aliphatic carbocycles. The van der Waals surface area contributed by atoms with Crippen LogP contribution in [0, 0.1) is 0 Å². The van der Waals surface area contributed by atoms with Crippen LogP contribution in [0.4, 0.5) is 5.82 Å². The third kappa shape index (κ3) is 3.91. The molecule has 7 nitrogen and oxygen atoms in total. The number of nitrogens with one attached hydrogen (secondary N) is 1. The van der Waals surface area contributed by atoms with Gasteiger partial charge in [0.15, 0.2) is 0 Å².